The van der Waals surface area contributed by atoms with Crippen LogP contribution in [0.4, 0.5) is 0 Å². The first-order valence-corrected chi connectivity index (χ1v) is 7.70. The van der Waals surface area contributed by atoms with Crippen molar-refractivity contribution in [3.05, 3.63) is 29.3 Å². The lowest BCUT2D eigenvalue weighted by atomic mass is 10.1. The number of benzene rings is 1. The van der Waals surface area contributed by atoms with Crippen LogP contribution in [-0.4, -0.2) is 54.5 Å². The molecule has 1 aliphatic heterocycles. The molecule has 21 heavy (non-hydrogen) atoms. The third-order valence-corrected chi connectivity index (χ3v) is 4.15. The zero-order valence-electron chi connectivity index (χ0n) is 13.6. The molecule has 1 amide bonds. The van der Waals surface area contributed by atoms with Gasteiger partial charge in [-0.15, -0.1) is 0 Å². The summed E-state index contributed by atoms with van der Waals surface area (Å²) < 4.78 is 5.75. The van der Waals surface area contributed by atoms with E-state index in [-0.39, 0.29) is 12.5 Å². The predicted molar refractivity (Wildman–Crippen MR) is 84.7 cm³/mol. The van der Waals surface area contributed by atoms with Gasteiger partial charge in [0.2, 0.25) is 0 Å². The molecule has 4 heteroatoms. The lowest BCUT2D eigenvalue weighted by molar-refractivity contribution is -0.135. The Labute approximate surface area is 127 Å². The number of hydrogen-bond acceptors (Lipinski definition) is 3. The van der Waals surface area contributed by atoms with Crippen molar-refractivity contribution in [2.24, 2.45) is 0 Å². The van der Waals surface area contributed by atoms with E-state index in [1.54, 1.807) is 0 Å². The average Bonchev–Trinajstić information content (AvgIpc) is 2.46. The van der Waals surface area contributed by atoms with Crippen LogP contribution in [0.25, 0.3) is 0 Å². The number of para-hydroxylation sites is 1. The van der Waals surface area contributed by atoms with Crippen molar-refractivity contribution in [1.29, 1.82) is 0 Å². The number of piperazine rings is 1. The SMILES string of the molecule is Cc1cccc(C)c1OCC(=O)N1CCN(C(C)C)CC1. The van der Waals surface area contributed by atoms with E-state index in [1.807, 2.05) is 36.9 Å². The highest BCUT2D eigenvalue weighted by Crippen LogP contribution is 2.22. The number of amides is 1. The number of aryl methyl sites for hydroxylation is 2. The Balaban J connectivity index is 1.86. The second kappa shape index (κ2) is 6.94. The van der Waals surface area contributed by atoms with Crippen LogP contribution < -0.4 is 4.74 Å². The first kappa shape index (κ1) is 15.8. The van der Waals surface area contributed by atoms with Crippen LogP contribution in [0.5, 0.6) is 5.75 Å². The molecule has 0 radical (unpaired) electrons. The van der Waals surface area contributed by atoms with Gasteiger partial charge >= 0.3 is 0 Å². The molecule has 0 N–H and O–H groups in total. The van der Waals surface area contributed by atoms with Crippen LogP contribution in [0.2, 0.25) is 0 Å². The Morgan fingerprint density at radius 3 is 2.24 bits per heavy atom. The lowest BCUT2D eigenvalue weighted by Gasteiger charge is -2.36. The van der Waals surface area contributed by atoms with E-state index in [4.69, 9.17) is 4.74 Å². The molecule has 1 aromatic carbocycles. The number of nitrogens with zero attached hydrogens (tertiary/aromatic N) is 2. The first-order chi connectivity index (χ1) is 9.99. The van der Waals surface area contributed by atoms with Gasteiger partial charge in [0.05, 0.1) is 0 Å². The molecule has 0 spiro atoms. The van der Waals surface area contributed by atoms with Gasteiger partial charge in [0.1, 0.15) is 5.75 Å². The zero-order chi connectivity index (χ0) is 15.4. The van der Waals surface area contributed by atoms with Gasteiger partial charge in [-0.2, -0.15) is 0 Å². The largest absolute Gasteiger partial charge is 0.483 e. The Morgan fingerprint density at radius 1 is 1.14 bits per heavy atom. The van der Waals surface area contributed by atoms with Gasteiger partial charge < -0.3 is 9.64 Å². The van der Waals surface area contributed by atoms with Crippen LogP contribution in [0, 0.1) is 13.8 Å². The molecule has 0 aliphatic carbocycles. The lowest BCUT2D eigenvalue weighted by Crippen LogP contribution is -2.51. The molecular weight excluding hydrogens is 264 g/mol. The van der Waals surface area contributed by atoms with Gasteiger partial charge in [0.15, 0.2) is 6.61 Å². The summed E-state index contributed by atoms with van der Waals surface area (Å²) in [6.07, 6.45) is 0. The molecule has 4 nitrogen and oxygen atoms in total. The zero-order valence-corrected chi connectivity index (χ0v) is 13.6. The number of carbonyl (C=O) groups excluding carboxylic acids is 1. The summed E-state index contributed by atoms with van der Waals surface area (Å²) in [6, 6.07) is 6.57. The highest BCUT2D eigenvalue weighted by Gasteiger charge is 2.22. The standard InChI is InChI=1S/C17H26N2O2/c1-13(2)18-8-10-19(11-9-18)16(20)12-21-17-14(3)6-5-7-15(17)4/h5-7,13H,8-12H2,1-4H3. The van der Waals surface area contributed by atoms with Crippen LogP contribution in [0.15, 0.2) is 18.2 Å². The Kier molecular flexibility index (Phi) is 5.23. The molecule has 0 unspecified atom stereocenters. The summed E-state index contributed by atoms with van der Waals surface area (Å²) in [4.78, 5) is 16.6. The van der Waals surface area contributed by atoms with Gasteiger partial charge in [-0.3, -0.25) is 9.69 Å². The minimum absolute atomic E-state index is 0.0843. The first-order valence-electron chi connectivity index (χ1n) is 7.70. The smallest absolute Gasteiger partial charge is 0.260 e. The van der Waals surface area contributed by atoms with Crippen molar-refractivity contribution in [1.82, 2.24) is 9.80 Å². The predicted octanol–water partition coefficient (Wildman–Crippen LogP) is 2.23. The number of ether oxygens (including phenoxy) is 1. The molecule has 0 bridgehead atoms. The second-order valence-corrected chi connectivity index (χ2v) is 6.02. The van der Waals surface area contributed by atoms with Gasteiger partial charge in [0.25, 0.3) is 5.91 Å². The summed E-state index contributed by atoms with van der Waals surface area (Å²) in [5.74, 6) is 0.924. The topological polar surface area (TPSA) is 32.8 Å². The number of rotatable bonds is 4. The highest BCUT2D eigenvalue weighted by molar-refractivity contribution is 5.78. The van der Waals surface area contributed by atoms with Gasteiger partial charge in [-0.05, 0) is 38.8 Å². The summed E-state index contributed by atoms with van der Waals surface area (Å²) in [7, 11) is 0. The fourth-order valence-corrected chi connectivity index (χ4v) is 2.74. The fraction of sp³-hybridized carbons (Fsp3) is 0.588. The normalized spacial score (nSPS) is 16.3. The maximum atomic E-state index is 12.3. The van der Waals surface area contributed by atoms with Crippen molar-refractivity contribution in [3.8, 4) is 5.75 Å². The Morgan fingerprint density at radius 2 is 1.71 bits per heavy atom. The molecule has 1 fully saturated rings. The third kappa shape index (κ3) is 3.97. The molecule has 1 aromatic rings. The van der Waals surface area contributed by atoms with E-state index < -0.39 is 0 Å². The molecule has 0 saturated carbocycles. The van der Waals surface area contributed by atoms with Crippen LogP contribution in [-0.2, 0) is 4.79 Å². The van der Waals surface area contributed by atoms with Gasteiger partial charge in [-0.1, -0.05) is 18.2 Å². The highest BCUT2D eigenvalue weighted by atomic mass is 16.5. The molecule has 0 aromatic heterocycles. The van der Waals surface area contributed by atoms with E-state index in [1.165, 1.54) is 0 Å². The van der Waals surface area contributed by atoms with E-state index in [0.717, 1.165) is 43.1 Å². The maximum Gasteiger partial charge on any atom is 0.260 e. The number of carbonyl (C=O) groups is 1. The molecule has 1 aliphatic rings. The monoisotopic (exact) mass is 290 g/mol. The summed E-state index contributed by atoms with van der Waals surface area (Å²) >= 11 is 0. The van der Waals surface area contributed by atoms with Gasteiger partial charge in [-0.25, -0.2) is 0 Å². The van der Waals surface area contributed by atoms with Crippen molar-refractivity contribution >= 4 is 5.91 Å². The van der Waals surface area contributed by atoms with E-state index in [9.17, 15) is 4.79 Å². The minimum atomic E-state index is 0.0843. The number of hydrogen-bond donors (Lipinski definition) is 0. The second-order valence-electron chi connectivity index (χ2n) is 6.02. The molecular formula is C17H26N2O2. The molecule has 0 atom stereocenters. The molecule has 1 saturated heterocycles. The minimum Gasteiger partial charge on any atom is -0.483 e. The summed E-state index contributed by atoms with van der Waals surface area (Å²) in [6.45, 7) is 12.0. The van der Waals surface area contributed by atoms with E-state index in [2.05, 4.69) is 18.7 Å². The average molecular weight is 290 g/mol. The molecule has 116 valence electrons. The summed E-state index contributed by atoms with van der Waals surface area (Å²) in [5.41, 5.74) is 2.15. The van der Waals surface area contributed by atoms with Crippen molar-refractivity contribution in [3.63, 3.8) is 0 Å². The summed E-state index contributed by atoms with van der Waals surface area (Å²) in [5, 5.41) is 0. The van der Waals surface area contributed by atoms with E-state index >= 15 is 0 Å². The van der Waals surface area contributed by atoms with Crippen LogP contribution in [0.1, 0.15) is 25.0 Å². The Hall–Kier alpha value is -1.55. The molecule has 2 rings (SSSR count). The van der Waals surface area contributed by atoms with Crippen molar-refractivity contribution < 1.29 is 9.53 Å². The van der Waals surface area contributed by atoms with Crippen molar-refractivity contribution in [2.75, 3.05) is 32.8 Å². The maximum absolute atomic E-state index is 12.3. The third-order valence-electron chi connectivity index (χ3n) is 4.15. The van der Waals surface area contributed by atoms with Crippen LogP contribution >= 0.6 is 0 Å². The fourth-order valence-electron chi connectivity index (χ4n) is 2.74. The molecule has 1 heterocycles. The van der Waals surface area contributed by atoms with Crippen molar-refractivity contribution in [2.45, 2.75) is 33.7 Å². The Bertz CT molecular complexity index is 471. The quantitative estimate of drug-likeness (QED) is 0.852. The van der Waals surface area contributed by atoms with E-state index in [0.29, 0.717) is 6.04 Å². The van der Waals surface area contributed by atoms with Gasteiger partial charge in [0, 0.05) is 32.2 Å². The van der Waals surface area contributed by atoms with Crippen LogP contribution in [0.3, 0.4) is 0 Å².